The molecular formula is C15H29N3O3. The fourth-order valence-electron chi connectivity index (χ4n) is 3.14. The molecule has 122 valence electrons. The Morgan fingerprint density at radius 2 is 1.81 bits per heavy atom. The first-order valence-electron chi connectivity index (χ1n) is 7.80. The number of hydrogen-bond donors (Lipinski definition) is 1. The minimum Gasteiger partial charge on any atom is -0.480 e. The fourth-order valence-corrected chi connectivity index (χ4v) is 3.14. The molecule has 1 N–H and O–H groups in total. The first kappa shape index (κ1) is 17.8. The second kappa shape index (κ2) is 8.22. The lowest BCUT2D eigenvalue weighted by Crippen LogP contribution is -2.53. The Hall–Kier alpha value is -1.30. The van der Waals surface area contributed by atoms with Gasteiger partial charge in [0.2, 0.25) is 0 Å². The molecule has 0 heterocycles. The Morgan fingerprint density at radius 1 is 1.24 bits per heavy atom. The lowest BCUT2D eigenvalue weighted by molar-refractivity contribution is -0.138. The van der Waals surface area contributed by atoms with Crippen molar-refractivity contribution in [1.82, 2.24) is 14.7 Å². The summed E-state index contributed by atoms with van der Waals surface area (Å²) >= 11 is 0. The summed E-state index contributed by atoms with van der Waals surface area (Å²) in [6, 6.07) is 0.00514. The van der Waals surface area contributed by atoms with Crippen molar-refractivity contribution in [1.29, 1.82) is 0 Å². The molecule has 0 radical (unpaired) electrons. The van der Waals surface area contributed by atoms with Crippen LogP contribution in [0.4, 0.5) is 4.79 Å². The Balaban J connectivity index is 2.82. The van der Waals surface area contributed by atoms with E-state index in [2.05, 4.69) is 0 Å². The molecule has 0 aromatic heterocycles. The largest absolute Gasteiger partial charge is 0.480 e. The van der Waals surface area contributed by atoms with Crippen molar-refractivity contribution in [3.05, 3.63) is 0 Å². The molecule has 0 saturated heterocycles. The molecule has 1 aliphatic carbocycles. The lowest BCUT2D eigenvalue weighted by Gasteiger charge is -2.37. The molecule has 0 aromatic carbocycles. The Kier molecular flexibility index (Phi) is 6.95. The number of aliphatic carboxylic acids is 1. The molecule has 6 heteroatoms. The molecule has 1 unspecified atom stereocenters. The summed E-state index contributed by atoms with van der Waals surface area (Å²) in [5.41, 5.74) is 0. The molecule has 6 nitrogen and oxygen atoms in total. The molecule has 0 aromatic rings. The van der Waals surface area contributed by atoms with E-state index in [4.69, 9.17) is 5.11 Å². The third kappa shape index (κ3) is 5.19. The predicted octanol–water partition coefficient (Wildman–Crippen LogP) is 1.71. The van der Waals surface area contributed by atoms with Crippen molar-refractivity contribution in [2.75, 3.05) is 33.7 Å². The number of carbonyl (C=O) groups excluding carboxylic acids is 1. The van der Waals surface area contributed by atoms with E-state index in [1.807, 2.05) is 32.8 Å². The van der Waals surface area contributed by atoms with Crippen LogP contribution in [-0.4, -0.2) is 77.6 Å². The van der Waals surface area contributed by atoms with Crippen molar-refractivity contribution >= 4 is 12.0 Å². The van der Waals surface area contributed by atoms with Crippen LogP contribution in [0.5, 0.6) is 0 Å². The summed E-state index contributed by atoms with van der Waals surface area (Å²) in [6.07, 6.45) is 3.98. The third-order valence-corrected chi connectivity index (χ3v) is 4.06. The van der Waals surface area contributed by atoms with Gasteiger partial charge >= 0.3 is 12.0 Å². The van der Waals surface area contributed by atoms with E-state index in [9.17, 15) is 9.59 Å². The zero-order valence-corrected chi connectivity index (χ0v) is 13.7. The van der Waals surface area contributed by atoms with E-state index in [1.165, 1.54) is 0 Å². The molecule has 1 rings (SSSR count). The highest BCUT2D eigenvalue weighted by molar-refractivity contribution is 5.80. The maximum atomic E-state index is 12.8. The van der Waals surface area contributed by atoms with Crippen molar-refractivity contribution in [3.8, 4) is 0 Å². The first-order chi connectivity index (χ1) is 9.86. The molecule has 1 atom stereocenters. The van der Waals surface area contributed by atoms with Gasteiger partial charge < -0.3 is 19.8 Å². The Morgan fingerprint density at radius 3 is 2.24 bits per heavy atom. The molecular weight excluding hydrogens is 270 g/mol. The number of carbonyl (C=O) groups is 2. The highest BCUT2D eigenvalue weighted by atomic mass is 16.4. The average molecular weight is 299 g/mol. The molecule has 0 bridgehead atoms. The highest BCUT2D eigenvalue weighted by Crippen LogP contribution is 2.24. The summed E-state index contributed by atoms with van der Waals surface area (Å²) in [6.45, 7) is 5.11. The van der Waals surface area contributed by atoms with Gasteiger partial charge in [0.05, 0.1) is 0 Å². The number of amides is 2. The summed E-state index contributed by atoms with van der Waals surface area (Å²) in [7, 11) is 3.95. The molecule has 0 spiro atoms. The normalized spacial score (nSPS) is 17.0. The van der Waals surface area contributed by atoms with Crippen molar-refractivity contribution in [2.24, 2.45) is 0 Å². The summed E-state index contributed by atoms with van der Waals surface area (Å²) in [4.78, 5) is 29.3. The minimum absolute atomic E-state index is 0.0650. The van der Waals surface area contributed by atoms with Crippen molar-refractivity contribution < 1.29 is 14.7 Å². The van der Waals surface area contributed by atoms with Gasteiger partial charge in [0.15, 0.2) is 0 Å². The molecule has 0 aliphatic heterocycles. The summed E-state index contributed by atoms with van der Waals surface area (Å²) < 4.78 is 0. The second-order valence-corrected chi connectivity index (χ2v) is 6.14. The molecule has 1 fully saturated rings. The standard InChI is InChI=1S/C15H29N3O3/c1-5-17(12(2)10-16(3)4)15(21)18(11-14(19)20)13-8-6-7-9-13/h12-13H,5-11H2,1-4H3,(H,19,20). The van der Waals surface area contributed by atoms with Gasteiger partial charge in [-0.2, -0.15) is 0 Å². The van der Waals surface area contributed by atoms with Crippen LogP contribution >= 0.6 is 0 Å². The van der Waals surface area contributed by atoms with E-state index < -0.39 is 5.97 Å². The highest BCUT2D eigenvalue weighted by Gasteiger charge is 2.32. The quantitative estimate of drug-likeness (QED) is 0.777. The van der Waals surface area contributed by atoms with E-state index in [0.717, 1.165) is 32.2 Å². The van der Waals surface area contributed by atoms with E-state index >= 15 is 0 Å². The molecule has 21 heavy (non-hydrogen) atoms. The van der Waals surface area contributed by atoms with Gasteiger partial charge in [-0.25, -0.2) is 4.79 Å². The number of carboxylic acid groups (broad SMARTS) is 1. The fraction of sp³-hybridized carbons (Fsp3) is 0.867. The third-order valence-electron chi connectivity index (χ3n) is 4.06. The number of nitrogens with zero attached hydrogens (tertiary/aromatic N) is 3. The lowest BCUT2D eigenvalue weighted by atomic mass is 10.2. The Labute approximate surface area is 127 Å². The topological polar surface area (TPSA) is 64.1 Å². The van der Waals surface area contributed by atoms with E-state index in [-0.39, 0.29) is 24.7 Å². The number of hydrogen-bond acceptors (Lipinski definition) is 3. The maximum absolute atomic E-state index is 12.8. The van der Waals surface area contributed by atoms with Crippen molar-refractivity contribution in [3.63, 3.8) is 0 Å². The zero-order valence-electron chi connectivity index (χ0n) is 13.7. The number of urea groups is 1. The molecule has 1 saturated carbocycles. The van der Waals surface area contributed by atoms with Crippen LogP contribution in [-0.2, 0) is 4.79 Å². The van der Waals surface area contributed by atoms with Gasteiger partial charge in [-0.05, 0) is 40.8 Å². The summed E-state index contributed by atoms with van der Waals surface area (Å²) in [5, 5.41) is 9.11. The second-order valence-electron chi connectivity index (χ2n) is 6.14. The smallest absolute Gasteiger partial charge is 0.323 e. The van der Waals surface area contributed by atoms with Gasteiger partial charge in [-0.15, -0.1) is 0 Å². The van der Waals surface area contributed by atoms with E-state index in [1.54, 1.807) is 9.80 Å². The van der Waals surface area contributed by atoms with Crippen LogP contribution in [0.15, 0.2) is 0 Å². The van der Waals surface area contributed by atoms with Gasteiger partial charge in [0.25, 0.3) is 0 Å². The van der Waals surface area contributed by atoms with Crippen LogP contribution in [0.25, 0.3) is 0 Å². The monoisotopic (exact) mass is 299 g/mol. The van der Waals surface area contributed by atoms with E-state index in [0.29, 0.717) is 6.54 Å². The SMILES string of the molecule is CCN(C(=O)N(CC(=O)O)C1CCCC1)C(C)CN(C)C. The minimum atomic E-state index is -0.938. The number of likely N-dealkylation sites (N-methyl/N-ethyl adjacent to an activating group) is 2. The zero-order chi connectivity index (χ0) is 16.0. The van der Waals surface area contributed by atoms with Crippen LogP contribution < -0.4 is 0 Å². The number of carboxylic acids is 1. The van der Waals surface area contributed by atoms with Crippen LogP contribution in [0, 0.1) is 0 Å². The van der Waals surface area contributed by atoms with Gasteiger partial charge in [-0.1, -0.05) is 12.8 Å². The predicted molar refractivity (Wildman–Crippen MR) is 82.4 cm³/mol. The maximum Gasteiger partial charge on any atom is 0.323 e. The van der Waals surface area contributed by atoms with Crippen molar-refractivity contribution in [2.45, 2.75) is 51.6 Å². The van der Waals surface area contributed by atoms with Gasteiger partial charge in [0, 0.05) is 25.2 Å². The van der Waals surface area contributed by atoms with Gasteiger partial charge in [-0.3, -0.25) is 4.79 Å². The van der Waals surface area contributed by atoms with Crippen LogP contribution in [0.2, 0.25) is 0 Å². The van der Waals surface area contributed by atoms with Crippen LogP contribution in [0.1, 0.15) is 39.5 Å². The first-order valence-corrected chi connectivity index (χ1v) is 7.80. The van der Waals surface area contributed by atoms with Crippen LogP contribution in [0.3, 0.4) is 0 Å². The van der Waals surface area contributed by atoms with Gasteiger partial charge in [0.1, 0.15) is 6.54 Å². The molecule has 2 amide bonds. The average Bonchev–Trinajstić information content (AvgIpc) is 2.89. The summed E-state index contributed by atoms with van der Waals surface area (Å²) in [5.74, 6) is -0.938. The number of rotatable bonds is 7. The Bertz CT molecular complexity index is 354. The molecule has 1 aliphatic rings.